The van der Waals surface area contributed by atoms with Gasteiger partial charge in [0.15, 0.2) is 0 Å². The van der Waals surface area contributed by atoms with Gasteiger partial charge in [-0.15, -0.1) is 0 Å². The Morgan fingerprint density at radius 1 is 1.46 bits per heavy atom. The highest BCUT2D eigenvalue weighted by atomic mass is 16.2. The van der Waals surface area contributed by atoms with E-state index in [4.69, 9.17) is 0 Å². The van der Waals surface area contributed by atoms with Crippen LogP contribution in [0, 0.1) is 5.92 Å². The average Bonchev–Trinajstić information content (AvgIpc) is 2.51. The fourth-order valence-electron chi connectivity index (χ4n) is 2.20. The second-order valence-electron chi connectivity index (χ2n) is 4.08. The van der Waals surface area contributed by atoms with Gasteiger partial charge in [0.25, 0.3) is 0 Å². The molecule has 2 aliphatic rings. The Balaban J connectivity index is 1.95. The van der Waals surface area contributed by atoms with Gasteiger partial charge in [-0.3, -0.25) is 0 Å². The zero-order valence-electron chi connectivity index (χ0n) is 8.05. The van der Waals surface area contributed by atoms with Gasteiger partial charge in [-0.2, -0.15) is 0 Å². The number of hydrogen-bond acceptors (Lipinski definition) is 2. The monoisotopic (exact) mass is 183 g/mol. The van der Waals surface area contributed by atoms with Gasteiger partial charge in [-0.25, -0.2) is 4.79 Å². The molecule has 2 unspecified atom stereocenters. The number of amides is 2. The van der Waals surface area contributed by atoms with Crippen molar-refractivity contribution in [3.63, 3.8) is 0 Å². The van der Waals surface area contributed by atoms with Crippen LogP contribution < -0.4 is 10.6 Å². The van der Waals surface area contributed by atoms with Crippen molar-refractivity contribution in [1.82, 2.24) is 15.5 Å². The van der Waals surface area contributed by atoms with E-state index in [1.165, 1.54) is 0 Å². The summed E-state index contributed by atoms with van der Waals surface area (Å²) >= 11 is 0. The Labute approximate surface area is 78.7 Å². The third kappa shape index (κ3) is 1.77. The molecule has 2 saturated heterocycles. The molecule has 13 heavy (non-hydrogen) atoms. The molecule has 0 aromatic rings. The molecule has 2 fully saturated rings. The number of rotatable bonds is 1. The summed E-state index contributed by atoms with van der Waals surface area (Å²) in [5.74, 6) is 0.687. The molecular formula is C9H17N3O. The maximum Gasteiger partial charge on any atom is 0.317 e. The van der Waals surface area contributed by atoms with E-state index < -0.39 is 0 Å². The van der Waals surface area contributed by atoms with Crippen LogP contribution in [0.25, 0.3) is 0 Å². The number of hydrogen-bond donors (Lipinski definition) is 2. The number of nitrogens with zero attached hydrogens (tertiary/aromatic N) is 1. The second kappa shape index (κ2) is 3.54. The molecule has 4 heteroatoms. The molecule has 2 amide bonds. The summed E-state index contributed by atoms with van der Waals surface area (Å²) in [6, 6.07) is 0.521. The van der Waals surface area contributed by atoms with Gasteiger partial charge >= 0.3 is 6.03 Å². The van der Waals surface area contributed by atoms with Gasteiger partial charge in [0.05, 0.1) is 0 Å². The summed E-state index contributed by atoms with van der Waals surface area (Å²) in [5.41, 5.74) is 0. The first kappa shape index (κ1) is 8.81. The topological polar surface area (TPSA) is 44.4 Å². The zero-order valence-corrected chi connectivity index (χ0v) is 8.05. The summed E-state index contributed by atoms with van der Waals surface area (Å²) < 4.78 is 0. The van der Waals surface area contributed by atoms with E-state index in [0.717, 1.165) is 32.6 Å². The number of nitrogens with one attached hydrogen (secondary N) is 2. The Hall–Kier alpha value is -0.770. The van der Waals surface area contributed by atoms with Gasteiger partial charge in [0.1, 0.15) is 0 Å². The van der Waals surface area contributed by atoms with Crippen molar-refractivity contribution in [3.8, 4) is 0 Å². The summed E-state index contributed by atoms with van der Waals surface area (Å²) in [6.45, 7) is 5.96. The van der Waals surface area contributed by atoms with Crippen molar-refractivity contribution >= 4 is 6.03 Å². The molecule has 2 rings (SSSR count). The van der Waals surface area contributed by atoms with Crippen LogP contribution in [0.4, 0.5) is 4.79 Å². The fraction of sp³-hybridized carbons (Fsp3) is 0.889. The van der Waals surface area contributed by atoms with Crippen molar-refractivity contribution in [2.45, 2.75) is 19.4 Å². The van der Waals surface area contributed by atoms with Crippen LogP contribution in [0.15, 0.2) is 0 Å². The fourth-order valence-corrected chi connectivity index (χ4v) is 2.20. The van der Waals surface area contributed by atoms with E-state index in [-0.39, 0.29) is 6.03 Å². The maximum absolute atomic E-state index is 11.4. The highest BCUT2D eigenvalue weighted by Gasteiger charge is 2.30. The highest BCUT2D eigenvalue weighted by Crippen LogP contribution is 2.16. The third-order valence-corrected chi connectivity index (χ3v) is 2.88. The number of carbonyl (C=O) groups excluding carboxylic acids is 1. The van der Waals surface area contributed by atoms with Crippen LogP contribution in [0.1, 0.15) is 13.3 Å². The largest absolute Gasteiger partial charge is 0.336 e. The highest BCUT2D eigenvalue weighted by molar-refractivity contribution is 5.76. The molecule has 0 aromatic carbocycles. The van der Waals surface area contributed by atoms with Crippen LogP contribution in [0.3, 0.4) is 0 Å². The van der Waals surface area contributed by atoms with Crippen LogP contribution in [-0.2, 0) is 0 Å². The predicted molar refractivity (Wildman–Crippen MR) is 50.5 cm³/mol. The van der Waals surface area contributed by atoms with E-state index in [0.29, 0.717) is 12.0 Å². The van der Waals surface area contributed by atoms with Crippen LogP contribution in [-0.4, -0.2) is 43.2 Å². The molecule has 4 nitrogen and oxygen atoms in total. The normalized spacial score (nSPS) is 34.8. The Bertz CT molecular complexity index is 207. The summed E-state index contributed by atoms with van der Waals surface area (Å²) in [5, 5.41) is 6.20. The molecule has 0 aromatic heterocycles. The van der Waals surface area contributed by atoms with E-state index in [1.54, 1.807) is 0 Å². The lowest BCUT2D eigenvalue weighted by Gasteiger charge is -2.33. The summed E-state index contributed by atoms with van der Waals surface area (Å²) in [7, 11) is 0. The third-order valence-electron chi connectivity index (χ3n) is 2.88. The van der Waals surface area contributed by atoms with Crippen molar-refractivity contribution < 1.29 is 4.79 Å². The Kier molecular flexibility index (Phi) is 2.40. The first-order chi connectivity index (χ1) is 6.27. The minimum absolute atomic E-state index is 0.112. The zero-order chi connectivity index (χ0) is 9.26. The SMILES string of the molecule is CC1CNCC(N2CCNC2=O)C1. The Morgan fingerprint density at radius 2 is 2.31 bits per heavy atom. The number of urea groups is 1. The summed E-state index contributed by atoms with van der Waals surface area (Å²) in [6.07, 6.45) is 1.14. The first-order valence-electron chi connectivity index (χ1n) is 5.02. The number of carbonyl (C=O) groups is 1. The molecule has 0 saturated carbocycles. The molecule has 74 valence electrons. The molecule has 2 aliphatic heterocycles. The maximum atomic E-state index is 11.4. The lowest BCUT2D eigenvalue weighted by molar-refractivity contribution is 0.172. The predicted octanol–water partition coefficient (Wildman–Crippen LogP) is 0.00960. The minimum Gasteiger partial charge on any atom is -0.336 e. The quantitative estimate of drug-likeness (QED) is 0.601. The lowest BCUT2D eigenvalue weighted by atomic mass is 9.97. The second-order valence-corrected chi connectivity index (χ2v) is 4.08. The molecule has 2 atom stereocenters. The Morgan fingerprint density at radius 3 is 2.92 bits per heavy atom. The van der Waals surface area contributed by atoms with Gasteiger partial charge in [-0.05, 0) is 18.9 Å². The van der Waals surface area contributed by atoms with Gasteiger partial charge in [0, 0.05) is 25.7 Å². The van der Waals surface area contributed by atoms with Crippen molar-refractivity contribution in [2.24, 2.45) is 5.92 Å². The van der Waals surface area contributed by atoms with E-state index >= 15 is 0 Å². The molecular weight excluding hydrogens is 166 g/mol. The van der Waals surface area contributed by atoms with Crippen molar-refractivity contribution in [1.29, 1.82) is 0 Å². The average molecular weight is 183 g/mol. The standard InChI is InChI=1S/C9H17N3O/c1-7-4-8(6-10-5-7)12-3-2-11-9(12)13/h7-8,10H,2-6H2,1H3,(H,11,13). The van der Waals surface area contributed by atoms with Gasteiger partial charge < -0.3 is 15.5 Å². The molecule has 2 N–H and O–H groups in total. The molecule has 0 aliphatic carbocycles. The van der Waals surface area contributed by atoms with Crippen LogP contribution in [0.5, 0.6) is 0 Å². The van der Waals surface area contributed by atoms with Crippen LogP contribution in [0.2, 0.25) is 0 Å². The lowest BCUT2D eigenvalue weighted by Crippen LogP contribution is -2.49. The van der Waals surface area contributed by atoms with Crippen molar-refractivity contribution in [3.05, 3.63) is 0 Å². The van der Waals surface area contributed by atoms with Gasteiger partial charge in [-0.1, -0.05) is 6.92 Å². The minimum atomic E-state index is 0.112. The van der Waals surface area contributed by atoms with E-state index in [1.807, 2.05) is 4.90 Å². The molecule has 0 radical (unpaired) electrons. The number of piperidine rings is 1. The summed E-state index contributed by atoms with van der Waals surface area (Å²) in [4.78, 5) is 13.3. The van der Waals surface area contributed by atoms with E-state index in [2.05, 4.69) is 17.6 Å². The molecule has 0 spiro atoms. The smallest absolute Gasteiger partial charge is 0.317 e. The van der Waals surface area contributed by atoms with Gasteiger partial charge in [0.2, 0.25) is 0 Å². The molecule has 2 heterocycles. The first-order valence-corrected chi connectivity index (χ1v) is 5.02. The van der Waals surface area contributed by atoms with E-state index in [9.17, 15) is 4.79 Å². The molecule has 0 bridgehead atoms. The van der Waals surface area contributed by atoms with Crippen LogP contribution >= 0.6 is 0 Å². The van der Waals surface area contributed by atoms with Crippen molar-refractivity contribution in [2.75, 3.05) is 26.2 Å².